The molecule has 1 aromatic carbocycles. The van der Waals surface area contributed by atoms with Crippen molar-refractivity contribution in [2.45, 2.75) is 19.4 Å². The van der Waals surface area contributed by atoms with Gasteiger partial charge in [0.25, 0.3) is 0 Å². The molecule has 1 aromatic rings. The fourth-order valence-electron chi connectivity index (χ4n) is 1.95. The van der Waals surface area contributed by atoms with Crippen molar-refractivity contribution in [1.29, 1.82) is 0 Å². The highest BCUT2D eigenvalue weighted by Gasteiger charge is 2.32. The Hall–Kier alpha value is -2.00. The maximum absolute atomic E-state index is 11.1. The first kappa shape index (κ1) is 10.5. The molecule has 1 N–H and O–H groups in total. The van der Waals surface area contributed by atoms with Gasteiger partial charge in [-0.05, 0) is 23.1 Å². The smallest absolute Gasteiger partial charge is 0.217 e. The third kappa shape index (κ3) is 1.85. The second-order valence-electron chi connectivity index (χ2n) is 3.68. The van der Waals surface area contributed by atoms with Crippen LogP contribution in [0.5, 0.6) is 0 Å². The summed E-state index contributed by atoms with van der Waals surface area (Å²) in [6.45, 7) is 1.45. The van der Waals surface area contributed by atoms with Crippen LogP contribution in [-0.4, -0.2) is 11.9 Å². The highest BCUT2D eigenvalue weighted by molar-refractivity contribution is 5.76. The first-order valence-electron chi connectivity index (χ1n) is 4.99. The van der Waals surface area contributed by atoms with Gasteiger partial charge < -0.3 is 5.32 Å². The van der Waals surface area contributed by atoms with E-state index in [9.17, 15) is 4.79 Å². The monoisotopic (exact) mass is 215 g/mol. The number of hydrogen-bond acceptors (Lipinski definition) is 2. The summed E-state index contributed by atoms with van der Waals surface area (Å²) in [5.41, 5.74) is 10.6. The Kier molecular flexibility index (Phi) is 2.79. The van der Waals surface area contributed by atoms with E-state index in [1.807, 2.05) is 24.3 Å². The van der Waals surface area contributed by atoms with E-state index in [0.717, 1.165) is 11.1 Å². The van der Waals surface area contributed by atoms with Gasteiger partial charge in [0.05, 0.1) is 6.04 Å². The highest BCUT2D eigenvalue weighted by atomic mass is 16.1. The highest BCUT2D eigenvalue weighted by Crippen LogP contribution is 2.32. The van der Waals surface area contributed by atoms with Crippen molar-refractivity contribution in [2.24, 2.45) is 5.11 Å². The number of carbonyl (C=O) groups is 1. The molecule has 1 amide bonds. The quantitative estimate of drug-likeness (QED) is 0.456. The summed E-state index contributed by atoms with van der Waals surface area (Å²) in [5, 5.41) is 6.45. The van der Waals surface area contributed by atoms with Crippen LogP contribution >= 0.6 is 0 Å². The van der Waals surface area contributed by atoms with Gasteiger partial charge in [0.15, 0.2) is 0 Å². The summed E-state index contributed by atoms with van der Waals surface area (Å²) in [4.78, 5) is 13.9. The van der Waals surface area contributed by atoms with Gasteiger partial charge in [0.1, 0.15) is 6.04 Å². The molecule has 0 heterocycles. The lowest BCUT2D eigenvalue weighted by Crippen LogP contribution is -2.32. The Balaban J connectivity index is 2.35. The minimum Gasteiger partial charge on any atom is -0.344 e. The number of amides is 1. The number of benzene rings is 1. The molecule has 0 aliphatic heterocycles. The van der Waals surface area contributed by atoms with E-state index in [2.05, 4.69) is 15.3 Å². The molecule has 5 nitrogen and oxygen atoms in total. The van der Waals surface area contributed by atoms with Crippen molar-refractivity contribution >= 4 is 5.91 Å². The molecule has 0 aromatic heterocycles. The Morgan fingerprint density at radius 3 is 3.00 bits per heavy atom. The van der Waals surface area contributed by atoms with Crippen molar-refractivity contribution in [3.63, 3.8) is 0 Å². The molecule has 1 atom stereocenters. The van der Waals surface area contributed by atoms with E-state index in [1.165, 1.54) is 6.92 Å². The SMILES string of the molecule is CC(=O)N[C]1c2ccccc2CC1N=[N+]=[N-]. The second-order valence-corrected chi connectivity index (χ2v) is 3.68. The number of nitrogens with one attached hydrogen (secondary N) is 1. The molecular formula is C11H11N4O. The van der Waals surface area contributed by atoms with E-state index in [-0.39, 0.29) is 11.9 Å². The third-order valence-corrected chi connectivity index (χ3v) is 2.56. The van der Waals surface area contributed by atoms with Crippen molar-refractivity contribution in [2.75, 3.05) is 0 Å². The fourth-order valence-corrected chi connectivity index (χ4v) is 1.95. The van der Waals surface area contributed by atoms with Gasteiger partial charge in [0, 0.05) is 11.8 Å². The van der Waals surface area contributed by atoms with Crippen LogP contribution in [0.3, 0.4) is 0 Å². The normalized spacial score (nSPS) is 18.7. The molecule has 0 saturated carbocycles. The van der Waals surface area contributed by atoms with Crippen LogP contribution in [0.2, 0.25) is 0 Å². The number of rotatable bonds is 2. The van der Waals surface area contributed by atoms with E-state index in [1.54, 1.807) is 0 Å². The number of hydrogen-bond donors (Lipinski definition) is 1. The van der Waals surface area contributed by atoms with Crippen molar-refractivity contribution in [3.05, 3.63) is 51.9 Å². The average molecular weight is 215 g/mol. The van der Waals surface area contributed by atoms with Gasteiger partial charge in [0.2, 0.25) is 5.91 Å². The maximum Gasteiger partial charge on any atom is 0.217 e. The summed E-state index contributed by atoms with van der Waals surface area (Å²) in [6, 6.07) is 8.14. The zero-order chi connectivity index (χ0) is 11.5. The molecule has 1 aliphatic rings. The van der Waals surface area contributed by atoms with Crippen LogP contribution in [-0.2, 0) is 11.2 Å². The average Bonchev–Trinajstić information content (AvgIpc) is 2.57. The van der Waals surface area contributed by atoms with Gasteiger partial charge in [-0.15, -0.1) is 0 Å². The predicted molar refractivity (Wildman–Crippen MR) is 59.2 cm³/mol. The molecule has 0 fully saturated rings. The van der Waals surface area contributed by atoms with Crippen molar-refractivity contribution in [1.82, 2.24) is 5.32 Å². The first-order valence-corrected chi connectivity index (χ1v) is 4.99. The molecule has 81 valence electrons. The molecule has 0 saturated heterocycles. The predicted octanol–water partition coefficient (Wildman–Crippen LogP) is 1.94. The lowest BCUT2D eigenvalue weighted by Gasteiger charge is -2.15. The minimum atomic E-state index is -0.300. The van der Waals surface area contributed by atoms with Gasteiger partial charge in [-0.2, -0.15) is 0 Å². The van der Waals surface area contributed by atoms with Crippen molar-refractivity contribution in [3.8, 4) is 0 Å². The lowest BCUT2D eigenvalue weighted by molar-refractivity contribution is -0.118. The minimum absolute atomic E-state index is 0.148. The second kappa shape index (κ2) is 4.24. The van der Waals surface area contributed by atoms with Crippen LogP contribution in [0.1, 0.15) is 18.1 Å². The van der Waals surface area contributed by atoms with Crippen LogP contribution in [0.25, 0.3) is 10.4 Å². The van der Waals surface area contributed by atoms with E-state index in [0.29, 0.717) is 12.5 Å². The Bertz CT molecular complexity index is 465. The summed E-state index contributed by atoms with van der Waals surface area (Å²) < 4.78 is 0. The topological polar surface area (TPSA) is 77.9 Å². The summed E-state index contributed by atoms with van der Waals surface area (Å²) >= 11 is 0. The Morgan fingerprint density at radius 1 is 1.56 bits per heavy atom. The van der Waals surface area contributed by atoms with Crippen LogP contribution in [0.4, 0.5) is 0 Å². The molecule has 0 spiro atoms. The zero-order valence-corrected chi connectivity index (χ0v) is 8.84. The molecule has 16 heavy (non-hydrogen) atoms. The summed E-state index contributed by atoms with van der Waals surface area (Å²) in [6.07, 6.45) is 0.649. The summed E-state index contributed by atoms with van der Waals surface area (Å²) in [7, 11) is 0. The van der Waals surface area contributed by atoms with Crippen LogP contribution in [0, 0.1) is 6.04 Å². The molecule has 1 unspecified atom stereocenters. The molecule has 2 rings (SSSR count). The van der Waals surface area contributed by atoms with Gasteiger partial charge in [-0.1, -0.05) is 29.4 Å². The Labute approximate surface area is 93.1 Å². The maximum atomic E-state index is 11.1. The fraction of sp³-hybridized carbons (Fsp3) is 0.273. The molecule has 1 radical (unpaired) electrons. The number of fused-ring (bicyclic) bond motifs is 1. The van der Waals surface area contributed by atoms with Gasteiger partial charge in [-0.25, -0.2) is 0 Å². The standard InChI is InChI=1S/C11H11N4O/c1-7(16)13-11-9-5-3-2-4-8(9)6-10(11)14-15-12/h2-5,10H,6H2,1H3,(H,13,16). The zero-order valence-electron chi connectivity index (χ0n) is 8.84. The first-order chi connectivity index (χ1) is 7.72. The Morgan fingerprint density at radius 2 is 2.31 bits per heavy atom. The molecule has 5 heteroatoms. The van der Waals surface area contributed by atoms with E-state index < -0.39 is 0 Å². The third-order valence-electron chi connectivity index (χ3n) is 2.56. The number of carbonyl (C=O) groups excluding carboxylic acids is 1. The molecular weight excluding hydrogens is 204 g/mol. The lowest BCUT2D eigenvalue weighted by atomic mass is 10.1. The largest absolute Gasteiger partial charge is 0.344 e. The van der Waals surface area contributed by atoms with Crippen LogP contribution < -0.4 is 5.32 Å². The molecule has 1 aliphatic carbocycles. The number of nitrogens with zero attached hydrogens (tertiary/aromatic N) is 3. The number of azide groups is 1. The van der Waals surface area contributed by atoms with Gasteiger partial charge in [-0.3, -0.25) is 4.79 Å². The molecule has 0 bridgehead atoms. The van der Waals surface area contributed by atoms with Crippen LogP contribution in [0.15, 0.2) is 29.4 Å². The van der Waals surface area contributed by atoms with E-state index >= 15 is 0 Å². The van der Waals surface area contributed by atoms with E-state index in [4.69, 9.17) is 5.53 Å². The summed E-state index contributed by atoms with van der Waals surface area (Å²) in [5.74, 6) is -0.148. The van der Waals surface area contributed by atoms with Gasteiger partial charge >= 0.3 is 0 Å². The van der Waals surface area contributed by atoms with Crippen molar-refractivity contribution < 1.29 is 4.79 Å².